The van der Waals surface area contributed by atoms with Gasteiger partial charge in [-0.3, -0.25) is 0 Å². The van der Waals surface area contributed by atoms with E-state index in [0.29, 0.717) is 13.2 Å². The zero-order valence-electron chi connectivity index (χ0n) is 10.5. The third kappa shape index (κ3) is 4.37. The molecule has 4 nitrogen and oxygen atoms in total. The first kappa shape index (κ1) is 13.9. The fourth-order valence-corrected chi connectivity index (χ4v) is 1.89. The zero-order chi connectivity index (χ0) is 12.0. The van der Waals surface area contributed by atoms with Crippen LogP contribution in [0.1, 0.15) is 33.6 Å². The van der Waals surface area contributed by atoms with Gasteiger partial charge in [-0.15, -0.1) is 0 Å². The van der Waals surface area contributed by atoms with Gasteiger partial charge in [-0.1, -0.05) is 0 Å². The first-order valence-corrected chi connectivity index (χ1v) is 6.18. The van der Waals surface area contributed by atoms with E-state index in [4.69, 9.17) is 14.2 Å². The third-order valence-electron chi connectivity index (χ3n) is 3.01. The summed E-state index contributed by atoms with van der Waals surface area (Å²) in [6.45, 7) is 7.85. The Morgan fingerprint density at radius 1 is 1.38 bits per heavy atom. The summed E-state index contributed by atoms with van der Waals surface area (Å²) in [6, 6.07) is 0. The van der Waals surface area contributed by atoms with E-state index >= 15 is 0 Å². The summed E-state index contributed by atoms with van der Waals surface area (Å²) in [7, 11) is 0. The van der Waals surface area contributed by atoms with Gasteiger partial charge in [0.05, 0.1) is 37.6 Å². The second-order valence-corrected chi connectivity index (χ2v) is 4.30. The maximum absolute atomic E-state index is 9.54. The molecule has 1 N–H and O–H groups in total. The first-order chi connectivity index (χ1) is 7.65. The first-order valence-electron chi connectivity index (χ1n) is 6.18. The van der Waals surface area contributed by atoms with Gasteiger partial charge in [-0.25, -0.2) is 0 Å². The van der Waals surface area contributed by atoms with E-state index in [9.17, 15) is 5.11 Å². The monoisotopic (exact) mass is 232 g/mol. The molecule has 0 bridgehead atoms. The predicted molar refractivity (Wildman–Crippen MR) is 61.5 cm³/mol. The highest BCUT2D eigenvalue weighted by Crippen LogP contribution is 2.22. The van der Waals surface area contributed by atoms with Crippen LogP contribution in [0.4, 0.5) is 0 Å². The van der Waals surface area contributed by atoms with Crippen LogP contribution in [0.2, 0.25) is 0 Å². The molecule has 0 radical (unpaired) electrons. The second kappa shape index (κ2) is 7.22. The Labute approximate surface area is 97.9 Å². The number of hydrogen-bond acceptors (Lipinski definition) is 4. The summed E-state index contributed by atoms with van der Waals surface area (Å²) < 4.78 is 16.5. The van der Waals surface area contributed by atoms with Crippen LogP contribution < -0.4 is 0 Å². The van der Waals surface area contributed by atoms with Crippen molar-refractivity contribution in [3.05, 3.63) is 0 Å². The lowest BCUT2D eigenvalue weighted by molar-refractivity contribution is -0.155. The van der Waals surface area contributed by atoms with Crippen LogP contribution in [0.25, 0.3) is 0 Å². The topological polar surface area (TPSA) is 47.9 Å². The van der Waals surface area contributed by atoms with Gasteiger partial charge in [-0.05, 0) is 33.6 Å². The van der Waals surface area contributed by atoms with Crippen molar-refractivity contribution < 1.29 is 19.3 Å². The summed E-state index contributed by atoms with van der Waals surface area (Å²) in [5, 5.41) is 9.54. The van der Waals surface area contributed by atoms with Crippen LogP contribution in [0, 0.1) is 0 Å². The molecule has 1 fully saturated rings. The molecule has 0 amide bonds. The summed E-state index contributed by atoms with van der Waals surface area (Å²) in [4.78, 5) is 0. The summed E-state index contributed by atoms with van der Waals surface area (Å²) in [5.74, 6) is 0. The lowest BCUT2D eigenvalue weighted by Gasteiger charge is -2.34. The minimum absolute atomic E-state index is 0.0652. The fourth-order valence-electron chi connectivity index (χ4n) is 1.89. The number of aliphatic hydroxyl groups excluding tert-OH is 1. The van der Waals surface area contributed by atoms with Crippen molar-refractivity contribution in [2.45, 2.75) is 58.0 Å². The third-order valence-corrected chi connectivity index (χ3v) is 3.01. The van der Waals surface area contributed by atoms with Crippen LogP contribution in [-0.4, -0.2) is 49.3 Å². The molecule has 4 heteroatoms. The Balaban J connectivity index is 2.18. The van der Waals surface area contributed by atoms with Gasteiger partial charge in [-0.2, -0.15) is 0 Å². The average Bonchev–Trinajstić information content (AvgIpc) is 2.28. The molecule has 0 aromatic carbocycles. The minimum atomic E-state index is -0.327. The number of ether oxygens (including phenoxy) is 3. The number of aliphatic hydroxyl groups is 1. The highest BCUT2D eigenvalue weighted by molar-refractivity contribution is 4.78. The van der Waals surface area contributed by atoms with Gasteiger partial charge < -0.3 is 19.3 Å². The Kier molecular flexibility index (Phi) is 6.28. The minimum Gasteiger partial charge on any atom is -0.390 e. The summed E-state index contributed by atoms with van der Waals surface area (Å²) >= 11 is 0. The molecule has 4 unspecified atom stereocenters. The van der Waals surface area contributed by atoms with Crippen LogP contribution in [0.3, 0.4) is 0 Å². The molecule has 1 aliphatic heterocycles. The second-order valence-electron chi connectivity index (χ2n) is 4.30. The smallest absolute Gasteiger partial charge is 0.0839 e. The largest absolute Gasteiger partial charge is 0.390 e. The predicted octanol–water partition coefficient (Wildman–Crippen LogP) is 1.36. The van der Waals surface area contributed by atoms with Crippen LogP contribution in [0.15, 0.2) is 0 Å². The Morgan fingerprint density at radius 3 is 2.75 bits per heavy atom. The molecule has 1 saturated heterocycles. The fraction of sp³-hybridized carbons (Fsp3) is 1.00. The molecule has 0 aromatic rings. The molecule has 0 spiro atoms. The quantitative estimate of drug-likeness (QED) is 0.702. The molecule has 1 aliphatic rings. The van der Waals surface area contributed by atoms with E-state index in [-0.39, 0.29) is 24.4 Å². The molecule has 16 heavy (non-hydrogen) atoms. The molecule has 1 rings (SSSR count). The van der Waals surface area contributed by atoms with Gasteiger partial charge in [0.2, 0.25) is 0 Å². The summed E-state index contributed by atoms with van der Waals surface area (Å²) in [6.07, 6.45) is 1.41. The Hall–Kier alpha value is -0.160. The van der Waals surface area contributed by atoms with E-state index in [1.807, 2.05) is 20.8 Å². The van der Waals surface area contributed by atoms with Gasteiger partial charge >= 0.3 is 0 Å². The van der Waals surface area contributed by atoms with Crippen molar-refractivity contribution in [1.29, 1.82) is 0 Å². The van der Waals surface area contributed by atoms with E-state index < -0.39 is 0 Å². The van der Waals surface area contributed by atoms with Crippen molar-refractivity contribution in [3.63, 3.8) is 0 Å². The van der Waals surface area contributed by atoms with Crippen LogP contribution >= 0.6 is 0 Å². The average molecular weight is 232 g/mol. The SMILES string of the molecule is CCOCCOC(C)C1CCC(O)C(C)O1. The maximum Gasteiger partial charge on any atom is 0.0839 e. The number of rotatable bonds is 6. The molecular formula is C12H24O4. The molecule has 0 saturated carbocycles. The van der Waals surface area contributed by atoms with Gasteiger partial charge in [0.1, 0.15) is 0 Å². The van der Waals surface area contributed by atoms with Gasteiger partial charge in [0, 0.05) is 6.61 Å². The van der Waals surface area contributed by atoms with E-state index in [1.54, 1.807) is 0 Å². The molecule has 1 heterocycles. The Morgan fingerprint density at radius 2 is 2.12 bits per heavy atom. The Bertz CT molecular complexity index is 186. The van der Waals surface area contributed by atoms with Gasteiger partial charge in [0.25, 0.3) is 0 Å². The van der Waals surface area contributed by atoms with Crippen molar-refractivity contribution >= 4 is 0 Å². The lowest BCUT2D eigenvalue weighted by Crippen LogP contribution is -2.42. The molecule has 0 aliphatic carbocycles. The molecule has 96 valence electrons. The van der Waals surface area contributed by atoms with E-state index in [1.165, 1.54) is 0 Å². The summed E-state index contributed by atoms with van der Waals surface area (Å²) in [5.41, 5.74) is 0. The van der Waals surface area contributed by atoms with E-state index in [0.717, 1.165) is 19.4 Å². The standard InChI is InChI=1S/C12H24O4/c1-4-14-7-8-15-10(3)12-6-5-11(13)9(2)16-12/h9-13H,4-8H2,1-3H3. The maximum atomic E-state index is 9.54. The normalized spacial score (nSPS) is 32.6. The van der Waals surface area contributed by atoms with Crippen molar-refractivity contribution in [2.24, 2.45) is 0 Å². The molecule has 0 aromatic heterocycles. The van der Waals surface area contributed by atoms with E-state index in [2.05, 4.69) is 0 Å². The van der Waals surface area contributed by atoms with Crippen LogP contribution in [0.5, 0.6) is 0 Å². The van der Waals surface area contributed by atoms with Crippen molar-refractivity contribution in [3.8, 4) is 0 Å². The van der Waals surface area contributed by atoms with Crippen molar-refractivity contribution in [2.75, 3.05) is 19.8 Å². The number of hydrogen-bond donors (Lipinski definition) is 1. The van der Waals surface area contributed by atoms with Crippen molar-refractivity contribution in [1.82, 2.24) is 0 Å². The highest BCUT2D eigenvalue weighted by atomic mass is 16.6. The van der Waals surface area contributed by atoms with Crippen LogP contribution in [-0.2, 0) is 14.2 Å². The lowest BCUT2D eigenvalue weighted by atomic mass is 9.99. The molecular weight excluding hydrogens is 208 g/mol. The molecule has 4 atom stereocenters. The van der Waals surface area contributed by atoms with Gasteiger partial charge in [0.15, 0.2) is 0 Å². The highest BCUT2D eigenvalue weighted by Gasteiger charge is 2.30. The zero-order valence-corrected chi connectivity index (χ0v) is 10.5.